The Morgan fingerprint density at radius 3 is 2.55 bits per heavy atom. The van der Waals surface area contributed by atoms with Crippen LogP contribution in [0.4, 0.5) is 4.79 Å². The lowest BCUT2D eigenvalue weighted by molar-refractivity contribution is -0.149. The van der Waals surface area contributed by atoms with Crippen LogP contribution in [0.3, 0.4) is 0 Å². The van der Waals surface area contributed by atoms with E-state index in [1.165, 1.54) is 0 Å². The van der Waals surface area contributed by atoms with Gasteiger partial charge in [0.2, 0.25) is 0 Å². The van der Waals surface area contributed by atoms with Crippen molar-refractivity contribution in [1.29, 1.82) is 0 Å². The molecule has 0 bridgehead atoms. The molecule has 2 aromatic carbocycles. The van der Waals surface area contributed by atoms with Gasteiger partial charge in [0.25, 0.3) is 0 Å². The second-order valence-electron chi connectivity index (χ2n) is 7.93. The summed E-state index contributed by atoms with van der Waals surface area (Å²) < 4.78 is 22.3. The normalized spacial score (nSPS) is 17.8. The molecule has 8 heteroatoms. The van der Waals surface area contributed by atoms with E-state index in [1.54, 1.807) is 32.2 Å². The Kier molecular flexibility index (Phi) is 8.43. The number of carbonyl (C=O) groups excluding carboxylic acids is 2. The van der Waals surface area contributed by atoms with Gasteiger partial charge in [0.05, 0.1) is 25.9 Å². The molecule has 0 saturated carbocycles. The molecule has 0 spiro atoms. The van der Waals surface area contributed by atoms with Gasteiger partial charge in [-0.25, -0.2) is 9.79 Å². The second kappa shape index (κ2) is 11.5. The van der Waals surface area contributed by atoms with Gasteiger partial charge in [-0.15, -0.1) is 0 Å². The third-order valence-corrected chi connectivity index (χ3v) is 5.16. The molecule has 2 amide bonds. The van der Waals surface area contributed by atoms with Crippen LogP contribution in [0, 0.1) is 5.92 Å². The largest absolute Gasteiger partial charge is 0.493 e. The maximum atomic E-state index is 12.9. The van der Waals surface area contributed by atoms with Gasteiger partial charge in [-0.1, -0.05) is 36.4 Å². The first kappa shape index (κ1) is 24.3. The summed E-state index contributed by atoms with van der Waals surface area (Å²) in [5, 5.41) is 2.78. The standard InChI is InChI=1S/C25H30N2O6/c1-16(2)31-12-13-32-24(28)22-17(3)26-25(29)27-23(22)19-10-11-20(21(14-19)30-4)33-15-18-8-6-5-7-9-18/h5-11,14,16,22-23H,12-13,15H2,1-4H3,(H,27,29). The second-order valence-corrected chi connectivity index (χ2v) is 7.93. The van der Waals surface area contributed by atoms with E-state index in [4.69, 9.17) is 18.9 Å². The van der Waals surface area contributed by atoms with E-state index in [-0.39, 0.29) is 12.7 Å². The minimum Gasteiger partial charge on any atom is -0.493 e. The highest BCUT2D eigenvalue weighted by Crippen LogP contribution is 2.35. The SMILES string of the molecule is COc1cc(C2NC(=O)N=C(C)C2C(=O)OCCOC(C)C)ccc1OCc1ccccc1. The minimum atomic E-state index is -0.762. The van der Waals surface area contributed by atoms with Crippen molar-refractivity contribution in [1.82, 2.24) is 5.32 Å². The minimum absolute atomic E-state index is 0.0452. The number of hydrogen-bond acceptors (Lipinski definition) is 6. The van der Waals surface area contributed by atoms with E-state index >= 15 is 0 Å². The van der Waals surface area contributed by atoms with Crippen LogP contribution < -0.4 is 14.8 Å². The van der Waals surface area contributed by atoms with Crippen molar-refractivity contribution in [2.75, 3.05) is 20.3 Å². The summed E-state index contributed by atoms with van der Waals surface area (Å²) in [6, 6.07) is 14.0. The van der Waals surface area contributed by atoms with Crippen molar-refractivity contribution in [3.63, 3.8) is 0 Å². The lowest BCUT2D eigenvalue weighted by atomic mass is 9.88. The molecular weight excluding hydrogens is 424 g/mol. The predicted molar refractivity (Wildman–Crippen MR) is 124 cm³/mol. The Morgan fingerprint density at radius 1 is 1.09 bits per heavy atom. The molecule has 2 aromatic rings. The molecule has 0 fully saturated rings. The molecule has 176 valence electrons. The highest BCUT2D eigenvalue weighted by Gasteiger charge is 2.38. The van der Waals surface area contributed by atoms with E-state index in [0.29, 0.717) is 36.0 Å². The Hall–Kier alpha value is -3.39. The monoisotopic (exact) mass is 454 g/mol. The van der Waals surface area contributed by atoms with Crippen LogP contribution in [0.5, 0.6) is 11.5 Å². The summed E-state index contributed by atoms with van der Waals surface area (Å²) in [4.78, 5) is 28.9. The Balaban J connectivity index is 1.77. The van der Waals surface area contributed by atoms with Gasteiger partial charge in [-0.2, -0.15) is 0 Å². The van der Waals surface area contributed by atoms with E-state index in [2.05, 4.69) is 10.3 Å². The van der Waals surface area contributed by atoms with Gasteiger partial charge >= 0.3 is 12.0 Å². The average Bonchev–Trinajstić information content (AvgIpc) is 2.80. The molecule has 0 aromatic heterocycles. The number of benzene rings is 2. The molecule has 1 aliphatic rings. The summed E-state index contributed by atoms with van der Waals surface area (Å²) in [7, 11) is 1.54. The number of urea groups is 1. The third kappa shape index (κ3) is 6.55. The Labute approximate surface area is 193 Å². The van der Waals surface area contributed by atoms with Crippen LogP contribution in [-0.2, 0) is 20.9 Å². The van der Waals surface area contributed by atoms with Gasteiger partial charge in [-0.3, -0.25) is 4.79 Å². The first-order valence-corrected chi connectivity index (χ1v) is 10.9. The van der Waals surface area contributed by atoms with E-state index < -0.39 is 24.0 Å². The molecule has 1 heterocycles. The zero-order chi connectivity index (χ0) is 23.8. The number of aliphatic imine (C=N–C) groups is 1. The first-order valence-electron chi connectivity index (χ1n) is 10.9. The fourth-order valence-corrected chi connectivity index (χ4v) is 3.55. The van der Waals surface area contributed by atoms with E-state index in [1.807, 2.05) is 44.2 Å². The number of nitrogens with one attached hydrogen (secondary N) is 1. The topological polar surface area (TPSA) is 95.5 Å². The fourth-order valence-electron chi connectivity index (χ4n) is 3.55. The zero-order valence-electron chi connectivity index (χ0n) is 19.4. The first-order chi connectivity index (χ1) is 15.9. The molecule has 0 saturated heterocycles. The number of carbonyl (C=O) groups is 2. The maximum Gasteiger partial charge on any atom is 0.341 e. The summed E-state index contributed by atoms with van der Waals surface area (Å²) in [6.07, 6.45) is 0.0452. The molecule has 0 aliphatic carbocycles. The number of methoxy groups -OCH3 is 1. The van der Waals surface area contributed by atoms with Crippen LogP contribution in [0.1, 0.15) is 37.9 Å². The summed E-state index contributed by atoms with van der Waals surface area (Å²) >= 11 is 0. The van der Waals surface area contributed by atoms with Gasteiger partial charge in [-0.05, 0) is 44.0 Å². The highest BCUT2D eigenvalue weighted by atomic mass is 16.6. The molecule has 8 nitrogen and oxygen atoms in total. The molecule has 1 N–H and O–H groups in total. The number of rotatable bonds is 10. The van der Waals surface area contributed by atoms with E-state index in [9.17, 15) is 9.59 Å². The quantitative estimate of drug-likeness (QED) is 0.429. The van der Waals surface area contributed by atoms with Crippen molar-refractivity contribution in [2.24, 2.45) is 10.9 Å². The molecule has 3 rings (SSSR count). The maximum absolute atomic E-state index is 12.9. The van der Waals surface area contributed by atoms with Crippen LogP contribution in [0.25, 0.3) is 0 Å². The lowest BCUT2D eigenvalue weighted by Gasteiger charge is -2.30. The fraction of sp³-hybridized carbons (Fsp3) is 0.400. The number of hydrogen-bond donors (Lipinski definition) is 1. The summed E-state index contributed by atoms with van der Waals surface area (Å²) in [5.41, 5.74) is 2.10. The Bertz CT molecular complexity index is 990. The van der Waals surface area contributed by atoms with Crippen molar-refractivity contribution in [3.8, 4) is 11.5 Å². The lowest BCUT2D eigenvalue weighted by Crippen LogP contribution is -2.44. The van der Waals surface area contributed by atoms with Crippen LogP contribution >= 0.6 is 0 Å². The molecule has 2 unspecified atom stereocenters. The van der Waals surface area contributed by atoms with E-state index in [0.717, 1.165) is 5.56 Å². The summed E-state index contributed by atoms with van der Waals surface area (Å²) in [5.74, 6) is -0.183. The van der Waals surface area contributed by atoms with Gasteiger partial charge in [0, 0.05) is 5.71 Å². The van der Waals surface area contributed by atoms with Gasteiger partial charge in [0.1, 0.15) is 19.1 Å². The molecule has 0 radical (unpaired) electrons. The molecule has 1 aliphatic heterocycles. The number of amides is 2. The van der Waals surface area contributed by atoms with Crippen LogP contribution in [0.2, 0.25) is 0 Å². The van der Waals surface area contributed by atoms with Crippen LogP contribution in [0.15, 0.2) is 53.5 Å². The summed E-state index contributed by atoms with van der Waals surface area (Å²) in [6.45, 7) is 6.27. The highest BCUT2D eigenvalue weighted by molar-refractivity contribution is 6.08. The van der Waals surface area contributed by atoms with Crippen molar-refractivity contribution in [3.05, 3.63) is 59.7 Å². The van der Waals surface area contributed by atoms with Crippen molar-refractivity contribution in [2.45, 2.75) is 39.5 Å². The number of ether oxygens (including phenoxy) is 4. The van der Waals surface area contributed by atoms with Crippen molar-refractivity contribution < 1.29 is 28.5 Å². The molecule has 2 atom stereocenters. The smallest absolute Gasteiger partial charge is 0.341 e. The van der Waals surface area contributed by atoms with Crippen LogP contribution in [-0.4, -0.2) is 44.1 Å². The average molecular weight is 455 g/mol. The van der Waals surface area contributed by atoms with Crippen molar-refractivity contribution >= 4 is 17.7 Å². The Morgan fingerprint density at radius 2 is 1.85 bits per heavy atom. The number of nitrogens with zero attached hydrogens (tertiary/aromatic N) is 1. The zero-order valence-corrected chi connectivity index (χ0v) is 19.4. The van der Waals surface area contributed by atoms with Gasteiger partial charge in [0.15, 0.2) is 11.5 Å². The number of esters is 1. The predicted octanol–water partition coefficient (Wildman–Crippen LogP) is 4.08. The third-order valence-electron chi connectivity index (χ3n) is 5.16. The van der Waals surface area contributed by atoms with Gasteiger partial charge < -0.3 is 24.3 Å². The molecule has 33 heavy (non-hydrogen) atoms. The molecular formula is C25H30N2O6.